The Balaban J connectivity index is 1.47. The number of hydrogen-bond donors (Lipinski definition) is 2. The van der Waals surface area contributed by atoms with Crippen LogP contribution in [0.1, 0.15) is 43.0 Å². The Labute approximate surface area is 114 Å². The van der Waals surface area contributed by atoms with E-state index in [0.29, 0.717) is 6.04 Å². The Morgan fingerprint density at radius 2 is 1.89 bits per heavy atom. The molecule has 1 aliphatic carbocycles. The molecule has 1 aliphatic rings. The van der Waals surface area contributed by atoms with Gasteiger partial charge in [0.15, 0.2) is 0 Å². The van der Waals surface area contributed by atoms with Crippen LogP contribution in [-0.4, -0.2) is 16.0 Å². The van der Waals surface area contributed by atoms with Crippen molar-refractivity contribution in [1.82, 2.24) is 15.3 Å². The van der Waals surface area contributed by atoms with E-state index >= 15 is 0 Å². The number of nitrogens with one attached hydrogen (secondary N) is 2. The van der Waals surface area contributed by atoms with Crippen molar-refractivity contribution in [3.63, 3.8) is 0 Å². The summed E-state index contributed by atoms with van der Waals surface area (Å²) >= 11 is 0. The Morgan fingerprint density at radius 1 is 1.11 bits per heavy atom. The van der Waals surface area contributed by atoms with E-state index in [-0.39, 0.29) is 0 Å². The van der Waals surface area contributed by atoms with Crippen LogP contribution < -0.4 is 5.32 Å². The van der Waals surface area contributed by atoms with Crippen LogP contribution in [0, 0.1) is 0 Å². The van der Waals surface area contributed by atoms with Crippen molar-refractivity contribution in [2.75, 3.05) is 0 Å². The molecule has 0 unspecified atom stereocenters. The number of rotatable bonds is 4. The quantitative estimate of drug-likeness (QED) is 0.880. The van der Waals surface area contributed by atoms with Crippen LogP contribution >= 0.6 is 0 Å². The zero-order valence-electron chi connectivity index (χ0n) is 11.2. The summed E-state index contributed by atoms with van der Waals surface area (Å²) < 4.78 is 0. The van der Waals surface area contributed by atoms with E-state index in [1.807, 2.05) is 12.4 Å². The highest BCUT2D eigenvalue weighted by atomic mass is 15.0. The molecule has 1 aromatic carbocycles. The van der Waals surface area contributed by atoms with Crippen molar-refractivity contribution in [1.29, 1.82) is 0 Å². The fourth-order valence-electron chi connectivity index (χ4n) is 2.99. The topological polar surface area (TPSA) is 40.7 Å². The number of nitrogens with zero attached hydrogens (tertiary/aromatic N) is 1. The van der Waals surface area contributed by atoms with Gasteiger partial charge in [0.25, 0.3) is 0 Å². The van der Waals surface area contributed by atoms with Gasteiger partial charge in [-0.3, -0.25) is 0 Å². The zero-order chi connectivity index (χ0) is 12.9. The monoisotopic (exact) mass is 255 g/mol. The van der Waals surface area contributed by atoms with Crippen molar-refractivity contribution >= 4 is 0 Å². The standard InChI is InChI=1S/C16H21N3/c1-2-4-13(5-3-1)14-6-8-15(9-7-14)19-12-16-17-10-11-18-16/h1-5,10-11,14-15,19H,6-9,12H2,(H,17,18). The van der Waals surface area contributed by atoms with E-state index < -0.39 is 0 Å². The predicted molar refractivity (Wildman–Crippen MR) is 76.9 cm³/mol. The van der Waals surface area contributed by atoms with Crippen molar-refractivity contribution in [2.45, 2.75) is 44.2 Å². The van der Waals surface area contributed by atoms with Gasteiger partial charge in [0.1, 0.15) is 5.82 Å². The molecule has 0 bridgehead atoms. The maximum Gasteiger partial charge on any atom is 0.120 e. The maximum absolute atomic E-state index is 4.25. The number of hydrogen-bond acceptors (Lipinski definition) is 2. The third kappa shape index (κ3) is 3.24. The van der Waals surface area contributed by atoms with Crippen molar-refractivity contribution < 1.29 is 0 Å². The molecule has 3 heteroatoms. The van der Waals surface area contributed by atoms with Crippen LogP contribution in [0.2, 0.25) is 0 Å². The largest absolute Gasteiger partial charge is 0.348 e. The third-order valence-corrected chi connectivity index (χ3v) is 4.11. The lowest BCUT2D eigenvalue weighted by atomic mass is 9.82. The predicted octanol–water partition coefficient (Wildman–Crippen LogP) is 3.23. The minimum Gasteiger partial charge on any atom is -0.348 e. The van der Waals surface area contributed by atoms with Gasteiger partial charge in [0, 0.05) is 18.4 Å². The van der Waals surface area contributed by atoms with Crippen LogP contribution in [0.15, 0.2) is 42.7 Å². The van der Waals surface area contributed by atoms with Crippen molar-refractivity contribution in [2.24, 2.45) is 0 Å². The van der Waals surface area contributed by atoms with Crippen LogP contribution in [0.25, 0.3) is 0 Å². The highest BCUT2D eigenvalue weighted by Crippen LogP contribution is 2.32. The first-order valence-electron chi connectivity index (χ1n) is 7.18. The fraction of sp³-hybridized carbons (Fsp3) is 0.438. The average molecular weight is 255 g/mol. The molecule has 0 spiro atoms. The van der Waals surface area contributed by atoms with Crippen LogP contribution in [-0.2, 0) is 6.54 Å². The van der Waals surface area contributed by atoms with Crippen LogP contribution in [0.3, 0.4) is 0 Å². The van der Waals surface area contributed by atoms with E-state index in [2.05, 4.69) is 45.6 Å². The van der Waals surface area contributed by atoms with Gasteiger partial charge in [-0.25, -0.2) is 4.98 Å². The highest BCUT2D eigenvalue weighted by Gasteiger charge is 2.21. The maximum atomic E-state index is 4.25. The number of benzene rings is 1. The number of aromatic nitrogens is 2. The molecule has 1 fully saturated rings. The molecule has 0 amide bonds. The van der Waals surface area contributed by atoms with Gasteiger partial charge in [0.2, 0.25) is 0 Å². The summed E-state index contributed by atoms with van der Waals surface area (Å²) in [5.41, 5.74) is 1.51. The Kier molecular flexibility index (Phi) is 3.94. The van der Waals surface area contributed by atoms with Crippen molar-refractivity contribution in [3.05, 3.63) is 54.1 Å². The Bertz CT molecular complexity index is 470. The molecule has 0 aliphatic heterocycles. The molecule has 1 aromatic heterocycles. The van der Waals surface area contributed by atoms with Crippen LogP contribution in [0.5, 0.6) is 0 Å². The van der Waals surface area contributed by atoms with Gasteiger partial charge in [-0.15, -0.1) is 0 Å². The van der Waals surface area contributed by atoms with Gasteiger partial charge < -0.3 is 10.3 Å². The van der Waals surface area contributed by atoms with E-state index in [9.17, 15) is 0 Å². The van der Waals surface area contributed by atoms with E-state index in [0.717, 1.165) is 18.3 Å². The molecular weight excluding hydrogens is 234 g/mol. The zero-order valence-corrected chi connectivity index (χ0v) is 11.2. The van der Waals surface area contributed by atoms with Gasteiger partial charge in [0.05, 0.1) is 6.54 Å². The molecule has 3 rings (SSSR count). The first kappa shape index (κ1) is 12.4. The van der Waals surface area contributed by atoms with Gasteiger partial charge in [-0.1, -0.05) is 30.3 Å². The summed E-state index contributed by atoms with van der Waals surface area (Å²) in [4.78, 5) is 7.38. The molecule has 0 radical (unpaired) electrons. The molecule has 0 atom stereocenters. The lowest BCUT2D eigenvalue weighted by Gasteiger charge is -2.29. The number of aromatic amines is 1. The molecule has 0 saturated heterocycles. The summed E-state index contributed by atoms with van der Waals surface area (Å²) in [6.07, 6.45) is 8.80. The first-order chi connectivity index (χ1) is 9.42. The SMILES string of the molecule is c1ccc(C2CCC(NCc3ncc[nH]3)CC2)cc1. The second-order valence-corrected chi connectivity index (χ2v) is 5.38. The van der Waals surface area contributed by atoms with Gasteiger partial charge in [-0.2, -0.15) is 0 Å². The summed E-state index contributed by atoms with van der Waals surface area (Å²) in [6.45, 7) is 0.855. The first-order valence-corrected chi connectivity index (χ1v) is 7.18. The lowest BCUT2D eigenvalue weighted by Crippen LogP contribution is -2.32. The average Bonchev–Trinajstić information content (AvgIpc) is 3.00. The van der Waals surface area contributed by atoms with Gasteiger partial charge in [-0.05, 0) is 37.2 Å². The summed E-state index contributed by atoms with van der Waals surface area (Å²) in [7, 11) is 0. The molecule has 1 saturated carbocycles. The molecule has 2 aromatic rings. The molecule has 19 heavy (non-hydrogen) atoms. The van der Waals surface area contributed by atoms with Crippen LogP contribution in [0.4, 0.5) is 0 Å². The summed E-state index contributed by atoms with van der Waals surface area (Å²) in [6, 6.07) is 11.6. The Morgan fingerprint density at radius 3 is 2.58 bits per heavy atom. The van der Waals surface area contributed by atoms with Crippen molar-refractivity contribution in [3.8, 4) is 0 Å². The second-order valence-electron chi connectivity index (χ2n) is 5.38. The summed E-state index contributed by atoms with van der Waals surface area (Å²) in [5.74, 6) is 1.79. The lowest BCUT2D eigenvalue weighted by molar-refractivity contribution is 0.339. The highest BCUT2D eigenvalue weighted by molar-refractivity contribution is 5.20. The molecule has 100 valence electrons. The summed E-state index contributed by atoms with van der Waals surface area (Å²) in [5, 5.41) is 3.60. The molecular formula is C16H21N3. The fourth-order valence-corrected chi connectivity index (χ4v) is 2.99. The third-order valence-electron chi connectivity index (χ3n) is 4.11. The van der Waals surface area contributed by atoms with E-state index in [1.54, 1.807) is 0 Å². The second kappa shape index (κ2) is 6.02. The van der Waals surface area contributed by atoms with E-state index in [4.69, 9.17) is 0 Å². The minimum absolute atomic E-state index is 0.644. The normalized spacial score (nSPS) is 23.4. The number of imidazole rings is 1. The molecule has 1 heterocycles. The molecule has 2 N–H and O–H groups in total. The minimum atomic E-state index is 0.644. The smallest absolute Gasteiger partial charge is 0.120 e. The number of H-pyrrole nitrogens is 1. The molecule has 3 nitrogen and oxygen atoms in total. The van der Waals surface area contributed by atoms with E-state index in [1.165, 1.54) is 31.2 Å². The Hall–Kier alpha value is -1.61. The van der Waals surface area contributed by atoms with Gasteiger partial charge >= 0.3 is 0 Å².